The number of rotatable bonds is 5. The quantitative estimate of drug-likeness (QED) is 0.700. The third-order valence-electron chi connectivity index (χ3n) is 1.83. The average molecular weight is 243 g/mol. The first-order chi connectivity index (χ1) is 7.59. The summed E-state index contributed by atoms with van der Waals surface area (Å²) in [7, 11) is 0. The summed E-state index contributed by atoms with van der Waals surface area (Å²) < 4.78 is 0. The standard InChI is InChI=1S/C9H13N3O3S/c1-6(8(13)14)12-9(15)11-3-2-7-10-4-5-16-7/h4-6H,2-3H2,1H3,(H,13,14)(H2,11,12,15)/t6-/m0/s1. The lowest BCUT2D eigenvalue weighted by Crippen LogP contribution is -2.44. The van der Waals surface area contributed by atoms with Gasteiger partial charge in [-0.3, -0.25) is 4.79 Å². The minimum absolute atomic E-state index is 0.436. The fourth-order valence-corrected chi connectivity index (χ4v) is 1.59. The summed E-state index contributed by atoms with van der Waals surface area (Å²) in [6.45, 7) is 1.84. The van der Waals surface area contributed by atoms with Crippen LogP contribution in [0.4, 0.5) is 4.79 Å². The van der Waals surface area contributed by atoms with Crippen LogP contribution in [0, 0.1) is 0 Å². The number of urea groups is 1. The Morgan fingerprint density at radius 1 is 1.62 bits per heavy atom. The van der Waals surface area contributed by atoms with Crippen LogP contribution in [0.1, 0.15) is 11.9 Å². The molecule has 0 saturated heterocycles. The van der Waals surface area contributed by atoms with Gasteiger partial charge in [-0.05, 0) is 6.92 Å². The zero-order chi connectivity index (χ0) is 12.0. The van der Waals surface area contributed by atoms with Crippen LogP contribution in [-0.4, -0.2) is 34.7 Å². The van der Waals surface area contributed by atoms with Crippen molar-refractivity contribution in [3.05, 3.63) is 16.6 Å². The zero-order valence-corrected chi connectivity index (χ0v) is 9.58. The highest BCUT2D eigenvalue weighted by Gasteiger charge is 2.12. The molecule has 1 atom stereocenters. The minimum Gasteiger partial charge on any atom is -0.480 e. The second kappa shape index (κ2) is 6.06. The number of carbonyl (C=O) groups excluding carboxylic acids is 1. The molecule has 0 unspecified atom stereocenters. The van der Waals surface area contributed by atoms with E-state index < -0.39 is 18.0 Å². The van der Waals surface area contributed by atoms with Crippen LogP contribution in [-0.2, 0) is 11.2 Å². The molecule has 16 heavy (non-hydrogen) atoms. The van der Waals surface area contributed by atoms with Gasteiger partial charge in [0.05, 0.1) is 5.01 Å². The largest absolute Gasteiger partial charge is 0.480 e. The summed E-state index contributed by atoms with van der Waals surface area (Å²) in [5.74, 6) is -1.06. The number of aliphatic carboxylic acids is 1. The highest BCUT2D eigenvalue weighted by atomic mass is 32.1. The van der Waals surface area contributed by atoms with Crippen molar-refractivity contribution in [2.45, 2.75) is 19.4 Å². The maximum absolute atomic E-state index is 11.2. The van der Waals surface area contributed by atoms with Crippen LogP contribution >= 0.6 is 11.3 Å². The number of carbonyl (C=O) groups is 2. The van der Waals surface area contributed by atoms with E-state index >= 15 is 0 Å². The smallest absolute Gasteiger partial charge is 0.325 e. The molecule has 1 aromatic heterocycles. The number of carboxylic acid groups (broad SMARTS) is 1. The van der Waals surface area contributed by atoms with Crippen LogP contribution in [0.2, 0.25) is 0 Å². The number of hydrogen-bond acceptors (Lipinski definition) is 4. The van der Waals surface area contributed by atoms with E-state index in [1.54, 1.807) is 6.20 Å². The summed E-state index contributed by atoms with van der Waals surface area (Å²) in [6, 6.07) is -1.37. The normalized spacial score (nSPS) is 11.8. The van der Waals surface area contributed by atoms with Gasteiger partial charge in [0, 0.05) is 24.5 Å². The minimum atomic E-state index is -1.06. The second-order valence-corrected chi connectivity index (χ2v) is 4.12. The van der Waals surface area contributed by atoms with Crippen molar-refractivity contribution in [2.24, 2.45) is 0 Å². The van der Waals surface area contributed by atoms with E-state index in [2.05, 4.69) is 15.6 Å². The predicted molar refractivity (Wildman–Crippen MR) is 59.5 cm³/mol. The summed E-state index contributed by atoms with van der Waals surface area (Å²) in [6.07, 6.45) is 2.35. The maximum Gasteiger partial charge on any atom is 0.325 e. The van der Waals surface area contributed by atoms with E-state index in [4.69, 9.17) is 5.11 Å². The van der Waals surface area contributed by atoms with E-state index in [-0.39, 0.29) is 0 Å². The van der Waals surface area contributed by atoms with Crippen molar-refractivity contribution in [3.8, 4) is 0 Å². The fraction of sp³-hybridized carbons (Fsp3) is 0.444. The van der Waals surface area contributed by atoms with Gasteiger partial charge in [-0.1, -0.05) is 0 Å². The first kappa shape index (κ1) is 12.4. The number of nitrogens with one attached hydrogen (secondary N) is 2. The molecule has 7 heteroatoms. The van der Waals surface area contributed by atoms with Crippen molar-refractivity contribution in [3.63, 3.8) is 0 Å². The molecule has 0 bridgehead atoms. The Balaban J connectivity index is 2.18. The summed E-state index contributed by atoms with van der Waals surface area (Å²) in [5.41, 5.74) is 0. The number of nitrogens with zero attached hydrogens (tertiary/aromatic N) is 1. The summed E-state index contributed by atoms with van der Waals surface area (Å²) >= 11 is 1.52. The molecule has 6 nitrogen and oxygen atoms in total. The van der Waals surface area contributed by atoms with Gasteiger partial charge in [0.25, 0.3) is 0 Å². The van der Waals surface area contributed by atoms with Crippen LogP contribution in [0.15, 0.2) is 11.6 Å². The van der Waals surface area contributed by atoms with Crippen LogP contribution in [0.3, 0.4) is 0 Å². The van der Waals surface area contributed by atoms with E-state index in [1.165, 1.54) is 18.3 Å². The average Bonchev–Trinajstić information content (AvgIpc) is 2.70. The van der Waals surface area contributed by atoms with Gasteiger partial charge >= 0.3 is 12.0 Å². The summed E-state index contributed by atoms with van der Waals surface area (Å²) in [4.78, 5) is 25.7. The number of thiazole rings is 1. The molecule has 88 valence electrons. The molecule has 1 aromatic rings. The van der Waals surface area contributed by atoms with Crippen LogP contribution in [0.25, 0.3) is 0 Å². The highest BCUT2D eigenvalue weighted by Crippen LogP contribution is 2.03. The molecular weight excluding hydrogens is 230 g/mol. The van der Waals surface area contributed by atoms with E-state index in [9.17, 15) is 9.59 Å². The molecular formula is C9H13N3O3S. The molecule has 0 aromatic carbocycles. The van der Waals surface area contributed by atoms with Crippen LogP contribution < -0.4 is 10.6 Å². The zero-order valence-electron chi connectivity index (χ0n) is 8.77. The Labute approximate surface area is 96.7 Å². The van der Waals surface area contributed by atoms with Gasteiger partial charge < -0.3 is 15.7 Å². The van der Waals surface area contributed by atoms with E-state index in [0.717, 1.165) is 5.01 Å². The van der Waals surface area contributed by atoms with Crippen molar-refractivity contribution in [1.29, 1.82) is 0 Å². The lowest BCUT2D eigenvalue weighted by atomic mass is 10.3. The van der Waals surface area contributed by atoms with E-state index in [0.29, 0.717) is 13.0 Å². The third kappa shape index (κ3) is 4.26. The van der Waals surface area contributed by atoms with Gasteiger partial charge in [-0.25, -0.2) is 9.78 Å². The molecule has 2 amide bonds. The van der Waals surface area contributed by atoms with Gasteiger partial charge in [0.1, 0.15) is 6.04 Å². The van der Waals surface area contributed by atoms with Gasteiger partial charge in [-0.2, -0.15) is 0 Å². The van der Waals surface area contributed by atoms with E-state index in [1.807, 2.05) is 5.38 Å². The molecule has 0 saturated carbocycles. The molecule has 0 aliphatic heterocycles. The van der Waals surface area contributed by atoms with Crippen molar-refractivity contribution in [1.82, 2.24) is 15.6 Å². The Bertz CT molecular complexity index is 353. The Hall–Kier alpha value is -1.63. The molecule has 0 fully saturated rings. The van der Waals surface area contributed by atoms with Crippen molar-refractivity contribution in [2.75, 3.05) is 6.54 Å². The van der Waals surface area contributed by atoms with Gasteiger partial charge in [0.2, 0.25) is 0 Å². The second-order valence-electron chi connectivity index (χ2n) is 3.14. The molecule has 0 radical (unpaired) electrons. The number of carboxylic acids is 1. The van der Waals surface area contributed by atoms with Crippen molar-refractivity contribution < 1.29 is 14.7 Å². The first-order valence-corrected chi connectivity index (χ1v) is 5.63. The monoisotopic (exact) mass is 243 g/mol. The lowest BCUT2D eigenvalue weighted by molar-refractivity contribution is -0.138. The molecule has 0 aliphatic rings. The topological polar surface area (TPSA) is 91.3 Å². The lowest BCUT2D eigenvalue weighted by Gasteiger charge is -2.09. The number of amides is 2. The Morgan fingerprint density at radius 2 is 2.38 bits per heavy atom. The fourth-order valence-electron chi connectivity index (χ4n) is 0.969. The third-order valence-corrected chi connectivity index (χ3v) is 2.67. The first-order valence-electron chi connectivity index (χ1n) is 4.75. The van der Waals surface area contributed by atoms with Gasteiger partial charge in [0.15, 0.2) is 0 Å². The molecule has 0 aliphatic carbocycles. The van der Waals surface area contributed by atoms with Crippen LogP contribution in [0.5, 0.6) is 0 Å². The molecule has 0 spiro atoms. The summed E-state index contributed by atoms with van der Waals surface area (Å²) in [5, 5.41) is 16.2. The molecule has 1 heterocycles. The predicted octanol–water partition coefficient (Wildman–Crippen LogP) is 0.458. The SMILES string of the molecule is C[C@H](NC(=O)NCCc1nccs1)C(=O)O. The Morgan fingerprint density at radius 3 is 2.94 bits per heavy atom. The molecule has 3 N–H and O–H groups in total. The Kier molecular flexibility index (Phi) is 4.71. The number of hydrogen-bond donors (Lipinski definition) is 3. The number of aromatic nitrogens is 1. The van der Waals surface area contributed by atoms with Crippen molar-refractivity contribution >= 4 is 23.3 Å². The van der Waals surface area contributed by atoms with Gasteiger partial charge in [-0.15, -0.1) is 11.3 Å². The molecule has 1 rings (SSSR count). The highest BCUT2D eigenvalue weighted by molar-refractivity contribution is 7.09. The maximum atomic E-state index is 11.2.